The number of carbonyl (C=O) groups excluding carboxylic acids is 1. The molecule has 2 rings (SSSR count). The average molecular weight is 274 g/mol. The maximum absolute atomic E-state index is 12.1. The van der Waals surface area contributed by atoms with Gasteiger partial charge < -0.3 is 5.32 Å². The molecule has 0 aliphatic carbocycles. The van der Waals surface area contributed by atoms with Crippen molar-refractivity contribution < 1.29 is 4.79 Å². The first-order valence-electron chi connectivity index (χ1n) is 6.81. The van der Waals surface area contributed by atoms with E-state index in [1.807, 2.05) is 0 Å². The fraction of sp³-hybridized carbons (Fsp3) is 0.429. The minimum Gasteiger partial charge on any atom is -0.354 e. The lowest BCUT2D eigenvalue weighted by molar-refractivity contribution is -0.121. The van der Waals surface area contributed by atoms with Gasteiger partial charge in [-0.15, -0.1) is 5.10 Å². The normalized spacial score (nSPS) is 10.7. The van der Waals surface area contributed by atoms with E-state index in [9.17, 15) is 9.59 Å². The van der Waals surface area contributed by atoms with Gasteiger partial charge in [0.15, 0.2) is 0 Å². The maximum atomic E-state index is 12.1. The van der Waals surface area contributed by atoms with Crippen molar-refractivity contribution in [2.75, 3.05) is 6.54 Å². The second kappa shape index (κ2) is 6.79. The van der Waals surface area contributed by atoms with E-state index < -0.39 is 0 Å². The van der Waals surface area contributed by atoms with Crippen LogP contribution in [0.2, 0.25) is 0 Å². The summed E-state index contributed by atoms with van der Waals surface area (Å²) < 4.78 is 1.09. The molecule has 1 aromatic carbocycles. The molecule has 1 aromatic heterocycles. The summed E-state index contributed by atoms with van der Waals surface area (Å²) in [6.45, 7) is 2.64. The highest BCUT2D eigenvalue weighted by Crippen LogP contribution is 2.03. The molecular formula is C14H18N4O2. The van der Waals surface area contributed by atoms with Gasteiger partial charge in [0.2, 0.25) is 5.91 Å². The second-order valence-electron chi connectivity index (χ2n) is 4.63. The smallest absolute Gasteiger partial charge is 0.278 e. The molecule has 1 amide bonds. The van der Waals surface area contributed by atoms with Crippen LogP contribution in [0.3, 0.4) is 0 Å². The lowest BCUT2D eigenvalue weighted by atomic mass is 10.2. The molecule has 20 heavy (non-hydrogen) atoms. The van der Waals surface area contributed by atoms with Crippen LogP contribution in [0.25, 0.3) is 10.9 Å². The Morgan fingerprint density at radius 2 is 2.10 bits per heavy atom. The van der Waals surface area contributed by atoms with E-state index in [1.165, 1.54) is 0 Å². The van der Waals surface area contributed by atoms with Gasteiger partial charge in [0.05, 0.1) is 5.39 Å². The number of carbonyl (C=O) groups is 1. The van der Waals surface area contributed by atoms with E-state index in [2.05, 4.69) is 22.6 Å². The zero-order valence-corrected chi connectivity index (χ0v) is 11.5. The highest BCUT2D eigenvalue weighted by Gasteiger charge is 2.08. The third-order valence-electron chi connectivity index (χ3n) is 3.03. The van der Waals surface area contributed by atoms with Crippen LogP contribution >= 0.6 is 0 Å². The Kier molecular flexibility index (Phi) is 4.81. The van der Waals surface area contributed by atoms with Gasteiger partial charge in [-0.1, -0.05) is 37.1 Å². The van der Waals surface area contributed by atoms with Gasteiger partial charge in [-0.2, -0.15) is 0 Å². The highest BCUT2D eigenvalue weighted by atomic mass is 16.2. The number of nitrogens with zero attached hydrogens (tertiary/aromatic N) is 3. The van der Waals surface area contributed by atoms with Gasteiger partial charge in [0, 0.05) is 6.54 Å². The molecule has 6 heteroatoms. The number of benzene rings is 1. The van der Waals surface area contributed by atoms with Crippen LogP contribution in [-0.4, -0.2) is 27.4 Å². The topological polar surface area (TPSA) is 76.9 Å². The monoisotopic (exact) mass is 274 g/mol. The standard InChI is InChI=1S/C14H18N4O2/c1-2-3-6-9-15-13(19)10-18-14(20)11-7-4-5-8-12(11)16-17-18/h4-5,7-8H,2-3,6,9-10H2,1H3,(H,15,19). The maximum Gasteiger partial charge on any atom is 0.278 e. The number of aromatic nitrogens is 3. The average Bonchev–Trinajstić information content (AvgIpc) is 2.47. The first-order valence-corrected chi connectivity index (χ1v) is 6.81. The zero-order chi connectivity index (χ0) is 14.4. The number of fused-ring (bicyclic) bond motifs is 1. The molecule has 1 N–H and O–H groups in total. The molecule has 0 aliphatic rings. The van der Waals surface area contributed by atoms with E-state index in [4.69, 9.17) is 0 Å². The van der Waals surface area contributed by atoms with E-state index >= 15 is 0 Å². The Morgan fingerprint density at radius 3 is 2.90 bits per heavy atom. The summed E-state index contributed by atoms with van der Waals surface area (Å²) in [6, 6.07) is 6.96. The number of nitrogens with one attached hydrogen (secondary N) is 1. The van der Waals surface area contributed by atoms with Gasteiger partial charge >= 0.3 is 0 Å². The Morgan fingerprint density at radius 1 is 1.30 bits per heavy atom. The molecular weight excluding hydrogens is 256 g/mol. The molecule has 6 nitrogen and oxygen atoms in total. The number of rotatable bonds is 6. The molecule has 0 saturated heterocycles. The Labute approximate surface area is 116 Å². The van der Waals surface area contributed by atoms with Crippen LogP contribution in [-0.2, 0) is 11.3 Å². The number of hydrogen-bond acceptors (Lipinski definition) is 4. The zero-order valence-electron chi connectivity index (χ0n) is 11.5. The Hall–Kier alpha value is -2.24. The van der Waals surface area contributed by atoms with Crippen molar-refractivity contribution in [3.05, 3.63) is 34.6 Å². The summed E-state index contributed by atoms with van der Waals surface area (Å²) in [5, 5.41) is 11.0. The summed E-state index contributed by atoms with van der Waals surface area (Å²) in [5.41, 5.74) is 0.247. The molecule has 1 heterocycles. The van der Waals surface area contributed by atoms with Gasteiger partial charge in [-0.25, -0.2) is 4.68 Å². The van der Waals surface area contributed by atoms with Crippen molar-refractivity contribution in [2.24, 2.45) is 0 Å². The van der Waals surface area contributed by atoms with Crippen molar-refractivity contribution in [1.82, 2.24) is 20.3 Å². The van der Waals surface area contributed by atoms with Crippen LogP contribution < -0.4 is 10.9 Å². The van der Waals surface area contributed by atoms with E-state index in [0.717, 1.165) is 23.9 Å². The molecule has 2 aromatic rings. The Bertz CT molecular complexity index is 651. The van der Waals surface area contributed by atoms with Crippen LogP contribution in [0.15, 0.2) is 29.1 Å². The van der Waals surface area contributed by atoms with E-state index in [1.54, 1.807) is 24.3 Å². The summed E-state index contributed by atoms with van der Waals surface area (Å²) in [7, 11) is 0. The van der Waals surface area contributed by atoms with Gasteiger partial charge in [-0.05, 0) is 18.6 Å². The Balaban J connectivity index is 2.04. The lowest BCUT2D eigenvalue weighted by Crippen LogP contribution is -2.34. The summed E-state index contributed by atoms with van der Waals surface area (Å²) in [6.07, 6.45) is 3.13. The quantitative estimate of drug-likeness (QED) is 0.800. The van der Waals surface area contributed by atoms with Crippen LogP contribution in [0, 0.1) is 0 Å². The van der Waals surface area contributed by atoms with Crippen molar-refractivity contribution >= 4 is 16.8 Å². The van der Waals surface area contributed by atoms with Gasteiger partial charge in [-0.3, -0.25) is 9.59 Å². The minimum atomic E-state index is -0.292. The number of unbranched alkanes of at least 4 members (excludes halogenated alkanes) is 2. The molecule has 0 bridgehead atoms. The first-order chi connectivity index (χ1) is 9.72. The SMILES string of the molecule is CCCCCNC(=O)Cn1nnc2ccccc2c1=O. The molecule has 0 atom stereocenters. The molecule has 106 valence electrons. The molecule has 0 radical (unpaired) electrons. The summed E-state index contributed by atoms with van der Waals surface area (Å²) in [5.74, 6) is -0.215. The molecule has 0 aliphatic heterocycles. The molecule has 0 spiro atoms. The fourth-order valence-corrected chi connectivity index (χ4v) is 1.92. The van der Waals surface area contributed by atoms with Crippen molar-refractivity contribution in [1.29, 1.82) is 0 Å². The van der Waals surface area contributed by atoms with Gasteiger partial charge in [0.1, 0.15) is 12.1 Å². The van der Waals surface area contributed by atoms with Crippen LogP contribution in [0.1, 0.15) is 26.2 Å². The highest BCUT2D eigenvalue weighted by molar-refractivity contribution is 5.78. The predicted octanol–water partition coefficient (Wildman–Crippen LogP) is 1.10. The summed E-state index contributed by atoms with van der Waals surface area (Å²) >= 11 is 0. The third kappa shape index (κ3) is 3.40. The van der Waals surface area contributed by atoms with Crippen LogP contribution in [0.5, 0.6) is 0 Å². The van der Waals surface area contributed by atoms with E-state index in [-0.39, 0.29) is 18.0 Å². The first kappa shape index (κ1) is 14.2. The van der Waals surface area contributed by atoms with Crippen LogP contribution in [0.4, 0.5) is 0 Å². The van der Waals surface area contributed by atoms with Crippen molar-refractivity contribution in [2.45, 2.75) is 32.7 Å². The van der Waals surface area contributed by atoms with Gasteiger partial charge in [0.25, 0.3) is 5.56 Å². The number of hydrogen-bond donors (Lipinski definition) is 1. The molecule has 0 unspecified atom stereocenters. The lowest BCUT2D eigenvalue weighted by Gasteiger charge is -2.06. The predicted molar refractivity (Wildman–Crippen MR) is 76.3 cm³/mol. The fourth-order valence-electron chi connectivity index (χ4n) is 1.92. The largest absolute Gasteiger partial charge is 0.354 e. The molecule has 0 fully saturated rings. The second-order valence-corrected chi connectivity index (χ2v) is 4.63. The van der Waals surface area contributed by atoms with E-state index in [0.29, 0.717) is 17.4 Å². The minimum absolute atomic E-state index is 0.0945. The third-order valence-corrected chi connectivity index (χ3v) is 3.03. The summed E-state index contributed by atoms with van der Waals surface area (Å²) in [4.78, 5) is 23.8. The van der Waals surface area contributed by atoms with Crippen molar-refractivity contribution in [3.8, 4) is 0 Å². The van der Waals surface area contributed by atoms with Crippen molar-refractivity contribution in [3.63, 3.8) is 0 Å². The number of amides is 1. The molecule has 0 saturated carbocycles.